The molecule has 3 amide bonds. The predicted octanol–water partition coefficient (Wildman–Crippen LogP) is 1.48. The van der Waals surface area contributed by atoms with E-state index in [9.17, 15) is 23.9 Å². The van der Waals surface area contributed by atoms with E-state index in [0.717, 1.165) is 6.42 Å². The summed E-state index contributed by atoms with van der Waals surface area (Å²) >= 11 is 0. The Labute approximate surface area is 197 Å². The zero-order valence-corrected chi connectivity index (χ0v) is 19.3. The zero-order chi connectivity index (χ0) is 24.3. The van der Waals surface area contributed by atoms with Gasteiger partial charge in [-0.25, -0.2) is 9.07 Å². The second kappa shape index (κ2) is 10.0. The van der Waals surface area contributed by atoms with E-state index in [1.165, 1.54) is 30.0 Å². The number of amides is 3. The highest BCUT2D eigenvalue weighted by Crippen LogP contribution is 2.35. The molecule has 1 saturated heterocycles. The summed E-state index contributed by atoms with van der Waals surface area (Å²) in [4.78, 5) is 36.8. The first kappa shape index (κ1) is 24.0. The van der Waals surface area contributed by atoms with Crippen LogP contribution in [0.4, 0.5) is 4.39 Å². The number of aliphatic hydroxyl groups is 1. The van der Waals surface area contributed by atoms with Crippen LogP contribution >= 0.6 is 0 Å². The van der Waals surface area contributed by atoms with Crippen molar-refractivity contribution in [1.82, 2.24) is 25.2 Å². The van der Waals surface area contributed by atoms with Gasteiger partial charge in [0.25, 0.3) is 0 Å². The van der Waals surface area contributed by atoms with Crippen LogP contribution in [-0.2, 0) is 39.4 Å². The third-order valence-corrected chi connectivity index (χ3v) is 6.69. The summed E-state index contributed by atoms with van der Waals surface area (Å²) in [5, 5.41) is 21.7. The van der Waals surface area contributed by atoms with E-state index in [1.807, 2.05) is 6.92 Å². The van der Waals surface area contributed by atoms with Gasteiger partial charge in [-0.15, -0.1) is 5.10 Å². The molecule has 2 N–H and O–H groups in total. The van der Waals surface area contributed by atoms with E-state index in [1.54, 1.807) is 16.8 Å². The maximum atomic E-state index is 14.4. The molecule has 1 aromatic carbocycles. The Morgan fingerprint density at radius 2 is 1.97 bits per heavy atom. The number of carbonyl (C=O) groups excluding carboxylic acids is 3. The highest BCUT2D eigenvalue weighted by molar-refractivity contribution is 6.02. The molecule has 1 atom stereocenters. The quantitative estimate of drug-likeness (QED) is 0.507. The molecule has 9 nitrogen and oxygen atoms in total. The van der Waals surface area contributed by atoms with Crippen LogP contribution in [0.15, 0.2) is 24.4 Å². The number of imide groups is 1. The lowest BCUT2D eigenvalue weighted by Gasteiger charge is -2.28. The molecule has 182 valence electrons. The molecule has 1 aliphatic heterocycles. The molecule has 4 rings (SSSR count). The second-order valence-electron chi connectivity index (χ2n) is 9.28. The molecule has 2 aliphatic rings. The maximum Gasteiger partial charge on any atom is 0.246 e. The zero-order valence-electron chi connectivity index (χ0n) is 19.3. The maximum absolute atomic E-state index is 14.4. The van der Waals surface area contributed by atoms with Crippen molar-refractivity contribution in [2.45, 2.75) is 64.0 Å². The van der Waals surface area contributed by atoms with Crippen LogP contribution in [0.5, 0.6) is 0 Å². The van der Waals surface area contributed by atoms with Crippen molar-refractivity contribution in [2.75, 3.05) is 13.1 Å². The molecule has 0 bridgehead atoms. The average Bonchev–Trinajstić information content (AvgIpc) is 3.54. The number of nitrogens with zero attached hydrogens (tertiary/aromatic N) is 4. The van der Waals surface area contributed by atoms with Crippen LogP contribution in [0.25, 0.3) is 0 Å². The standard InChI is InChI=1S/C24H30FN5O4/c1-2-24(34,18-7-9-20(25)17(11-18)6-5-16-3-4-16)15-30-19(12-26-28-30)8-10-23(33)29-13-21(31)27-22(32)14-29/h7,9,11-12,16,34H,2-6,8,10,13-15H2,1H3,(H,27,31,32)/t24-/m1/s1. The van der Waals surface area contributed by atoms with Crippen LogP contribution < -0.4 is 5.32 Å². The van der Waals surface area contributed by atoms with Crippen molar-refractivity contribution in [2.24, 2.45) is 5.92 Å². The van der Waals surface area contributed by atoms with Gasteiger partial charge in [0.2, 0.25) is 17.7 Å². The molecule has 10 heteroatoms. The van der Waals surface area contributed by atoms with Gasteiger partial charge in [-0.05, 0) is 54.9 Å². The molecule has 1 saturated carbocycles. The van der Waals surface area contributed by atoms with Gasteiger partial charge in [0.1, 0.15) is 24.5 Å². The molecule has 1 aromatic heterocycles. The number of nitrogens with one attached hydrogen (secondary N) is 1. The minimum atomic E-state index is -1.29. The number of hydrogen-bond acceptors (Lipinski definition) is 6. The minimum Gasteiger partial charge on any atom is -0.383 e. The Morgan fingerprint density at radius 1 is 1.24 bits per heavy atom. The normalized spacial score (nSPS) is 18.0. The monoisotopic (exact) mass is 471 g/mol. The van der Waals surface area contributed by atoms with Gasteiger partial charge in [-0.1, -0.05) is 31.0 Å². The molecule has 1 aliphatic carbocycles. The Bertz CT molecular complexity index is 1070. The lowest BCUT2D eigenvalue weighted by atomic mass is 9.89. The molecule has 2 heterocycles. The van der Waals surface area contributed by atoms with Crippen molar-refractivity contribution < 1.29 is 23.9 Å². The predicted molar refractivity (Wildman–Crippen MR) is 120 cm³/mol. The number of hydrogen-bond donors (Lipinski definition) is 2. The topological polar surface area (TPSA) is 117 Å². The molecule has 2 aromatic rings. The van der Waals surface area contributed by atoms with Gasteiger partial charge in [0, 0.05) is 6.42 Å². The van der Waals surface area contributed by atoms with Crippen molar-refractivity contribution in [3.05, 3.63) is 47.0 Å². The summed E-state index contributed by atoms with van der Waals surface area (Å²) < 4.78 is 15.9. The van der Waals surface area contributed by atoms with Crippen molar-refractivity contribution in [3.8, 4) is 0 Å². The lowest BCUT2D eigenvalue weighted by molar-refractivity contribution is -0.145. The first-order chi connectivity index (χ1) is 16.3. The summed E-state index contributed by atoms with van der Waals surface area (Å²) in [6, 6.07) is 4.77. The smallest absolute Gasteiger partial charge is 0.246 e. The van der Waals surface area contributed by atoms with Crippen LogP contribution in [0.3, 0.4) is 0 Å². The van der Waals surface area contributed by atoms with E-state index in [0.29, 0.717) is 35.6 Å². The van der Waals surface area contributed by atoms with E-state index < -0.39 is 17.4 Å². The van der Waals surface area contributed by atoms with Crippen LogP contribution in [-0.4, -0.2) is 55.8 Å². The number of halogens is 1. The second-order valence-corrected chi connectivity index (χ2v) is 9.28. The first-order valence-corrected chi connectivity index (χ1v) is 11.8. The molecular weight excluding hydrogens is 441 g/mol. The van der Waals surface area contributed by atoms with Crippen LogP contribution in [0, 0.1) is 11.7 Å². The first-order valence-electron chi connectivity index (χ1n) is 11.8. The number of aryl methyl sites for hydroxylation is 2. The summed E-state index contributed by atoms with van der Waals surface area (Å²) in [6.45, 7) is 1.66. The van der Waals surface area contributed by atoms with Gasteiger partial charge >= 0.3 is 0 Å². The number of aromatic nitrogens is 3. The Kier molecular flexibility index (Phi) is 7.06. The van der Waals surface area contributed by atoms with Crippen molar-refractivity contribution >= 4 is 17.7 Å². The van der Waals surface area contributed by atoms with E-state index >= 15 is 0 Å². The lowest BCUT2D eigenvalue weighted by Crippen LogP contribution is -2.53. The fourth-order valence-corrected chi connectivity index (χ4v) is 4.29. The largest absolute Gasteiger partial charge is 0.383 e. The Balaban J connectivity index is 1.43. The number of carbonyl (C=O) groups is 3. The number of benzene rings is 1. The van der Waals surface area contributed by atoms with Crippen molar-refractivity contribution in [1.29, 1.82) is 0 Å². The summed E-state index contributed by atoms with van der Waals surface area (Å²) in [6.07, 6.45) is 6.29. The fourth-order valence-electron chi connectivity index (χ4n) is 4.29. The summed E-state index contributed by atoms with van der Waals surface area (Å²) in [5.74, 6) is -0.889. The molecular formula is C24H30FN5O4. The molecule has 2 fully saturated rings. The number of rotatable bonds is 10. The summed E-state index contributed by atoms with van der Waals surface area (Å²) in [7, 11) is 0. The third-order valence-electron chi connectivity index (χ3n) is 6.69. The highest BCUT2D eigenvalue weighted by atomic mass is 19.1. The van der Waals surface area contributed by atoms with E-state index in [2.05, 4.69) is 15.6 Å². The van der Waals surface area contributed by atoms with Gasteiger partial charge < -0.3 is 10.0 Å². The fraction of sp³-hybridized carbons (Fsp3) is 0.542. The summed E-state index contributed by atoms with van der Waals surface area (Å²) in [5.41, 5.74) is 0.591. The van der Waals surface area contributed by atoms with Gasteiger partial charge in [0.05, 0.1) is 18.4 Å². The van der Waals surface area contributed by atoms with E-state index in [-0.39, 0.29) is 44.2 Å². The molecule has 34 heavy (non-hydrogen) atoms. The third kappa shape index (κ3) is 5.67. The van der Waals surface area contributed by atoms with Crippen molar-refractivity contribution in [3.63, 3.8) is 0 Å². The minimum absolute atomic E-state index is 0.0698. The molecule has 0 spiro atoms. The van der Waals surface area contributed by atoms with Gasteiger partial charge in [-0.3, -0.25) is 19.7 Å². The van der Waals surface area contributed by atoms with Gasteiger partial charge in [-0.2, -0.15) is 0 Å². The highest BCUT2D eigenvalue weighted by Gasteiger charge is 2.31. The average molecular weight is 472 g/mol. The SMILES string of the molecule is CC[C@@](O)(Cn1nncc1CCC(=O)N1CC(=O)NC(=O)C1)c1ccc(F)c(CCC2CC2)c1. The Hall–Kier alpha value is -3.14. The molecule has 0 radical (unpaired) electrons. The Morgan fingerprint density at radius 3 is 2.65 bits per heavy atom. The van der Waals surface area contributed by atoms with E-state index in [4.69, 9.17) is 0 Å². The van der Waals surface area contributed by atoms with Gasteiger partial charge in [0.15, 0.2) is 0 Å². The van der Waals surface area contributed by atoms with Crippen LogP contribution in [0.2, 0.25) is 0 Å². The van der Waals surface area contributed by atoms with Crippen LogP contribution in [0.1, 0.15) is 55.8 Å². The number of piperazine rings is 1. The molecule has 0 unspecified atom stereocenters.